The van der Waals surface area contributed by atoms with Crippen LogP contribution in [0.3, 0.4) is 0 Å². The number of rotatable bonds is 4. The fourth-order valence-corrected chi connectivity index (χ4v) is 5.16. The summed E-state index contributed by atoms with van der Waals surface area (Å²) >= 11 is 2.60. The second kappa shape index (κ2) is 6.32. The zero-order chi connectivity index (χ0) is 18.5. The monoisotopic (exact) mass is 409 g/mol. The summed E-state index contributed by atoms with van der Waals surface area (Å²) in [5.41, 5.74) is 0.401. The highest BCUT2D eigenvalue weighted by molar-refractivity contribution is 7.98. The van der Waals surface area contributed by atoms with E-state index < -0.39 is 15.8 Å². The molecule has 0 atom stereocenters. The zero-order valence-corrected chi connectivity index (χ0v) is 16.4. The number of fused-ring (bicyclic) bond motifs is 1. The molecule has 8 nitrogen and oxygen atoms in total. The molecule has 2 aliphatic rings. The fraction of sp³-hybridized carbons (Fsp3) is 0.333. The number of carbonyl (C=O) groups is 1. The predicted molar refractivity (Wildman–Crippen MR) is 101 cm³/mol. The van der Waals surface area contributed by atoms with Crippen molar-refractivity contribution < 1.29 is 13.2 Å². The second-order valence-electron chi connectivity index (χ2n) is 5.87. The lowest BCUT2D eigenvalue weighted by Gasteiger charge is -2.25. The molecule has 1 saturated carbocycles. The molecular weight excluding hydrogens is 394 g/mol. The zero-order valence-electron chi connectivity index (χ0n) is 14.0. The van der Waals surface area contributed by atoms with Crippen LogP contribution in [-0.2, 0) is 10.0 Å². The molecule has 0 spiro atoms. The van der Waals surface area contributed by atoms with Crippen molar-refractivity contribution in [3.05, 3.63) is 33.3 Å². The summed E-state index contributed by atoms with van der Waals surface area (Å²) in [7, 11) is -2.49. The summed E-state index contributed by atoms with van der Waals surface area (Å²) in [6, 6.07) is 1.62. The first-order valence-corrected chi connectivity index (χ1v) is 11.3. The standard InChI is InChI=1S/C15H15N5O3S3/c1-20-9-5-6-25-12(9)11(21)10(26(20,22)23)7-16-14-17-13(8-3-4-8)18-15(19-14)24-2/h5-8H,3-4H2,1-2H3,(H,16,17,18,19)/b10-7+. The molecule has 1 aliphatic carbocycles. The molecule has 1 N–H and O–H groups in total. The van der Waals surface area contributed by atoms with Gasteiger partial charge in [-0.05, 0) is 30.5 Å². The summed E-state index contributed by atoms with van der Waals surface area (Å²) < 4.78 is 26.4. The summed E-state index contributed by atoms with van der Waals surface area (Å²) in [5, 5.41) is 5.03. The summed E-state index contributed by atoms with van der Waals surface area (Å²) in [6.45, 7) is 0. The van der Waals surface area contributed by atoms with E-state index in [1.165, 1.54) is 36.3 Å². The molecule has 136 valence electrons. The SMILES string of the molecule is CSc1nc(N/C=C2\C(=O)c3sccc3N(C)S2(=O)=O)nc(C2CC2)n1. The van der Waals surface area contributed by atoms with Gasteiger partial charge >= 0.3 is 0 Å². The van der Waals surface area contributed by atoms with Gasteiger partial charge in [-0.1, -0.05) is 11.8 Å². The first kappa shape index (κ1) is 17.4. The van der Waals surface area contributed by atoms with E-state index in [9.17, 15) is 13.2 Å². The van der Waals surface area contributed by atoms with Gasteiger partial charge in [0.25, 0.3) is 10.0 Å². The topological polar surface area (TPSA) is 105 Å². The molecule has 4 rings (SSSR count). The van der Waals surface area contributed by atoms with Crippen LogP contribution in [0.4, 0.5) is 11.6 Å². The lowest BCUT2D eigenvalue weighted by Crippen LogP contribution is -2.35. The van der Waals surface area contributed by atoms with E-state index in [0.29, 0.717) is 27.5 Å². The average molecular weight is 410 g/mol. The van der Waals surface area contributed by atoms with Gasteiger partial charge < -0.3 is 5.32 Å². The van der Waals surface area contributed by atoms with Crippen molar-refractivity contribution >= 4 is 50.5 Å². The molecule has 11 heteroatoms. The van der Waals surface area contributed by atoms with Gasteiger partial charge in [0.1, 0.15) is 10.7 Å². The molecule has 1 fully saturated rings. The van der Waals surface area contributed by atoms with Crippen LogP contribution in [-0.4, -0.2) is 42.5 Å². The third-order valence-corrected chi connectivity index (χ3v) is 7.37. The van der Waals surface area contributed by atoms with E-state index in [1.54, 1.807) is 11.4 Å². The summed E-state index contributed by atoms with van der Waals surface area (Å²) in [5.74, 6) is 0.737. The smallest absolute Gasteiger partial charge is 0.269 e. The minimum Gasteiger partial charge on any atom is -0.329 e. The van der Waals surface area contributed by atoms with E-state index in [-0.39, 0.29) is 10.9 Å². The van der Waals surface area contributed by atoms with Gasteiger partial charge in [0.2, 0.25) is 11.7 Å². The van der Waals surface area contributed by atoms with Gasteiger partial charge in [-0.25, -0.2) is 13.4 Å². The maximum Gasteiger partial charge on any atom is 0.269 e. The number of hydrogen-bond donors (Lipinski definition) is 1. The Bertz CT molecular complexity index is 1030. The van der Waals surface area contributed by atoms with Crippen LogP contribution in [0.1, 0.15) is 34.3 Å². The van der Waals surface area contributed by atoms with Gasteiger partial charge in [0, 0.05) is 19.2 Å². The first-order chi connectivity index (χ1) is 12.4. The number of aromatic nitrogens is 3. The van der Waals surface area contributed by atoms with Gasteiger partial charge in [-0.15, -0.1) is 11.3 Å². The van der Waals surface area contributed by atoms with E-state index in [4.69, 9.17) is 0 Å². The Morgan fingerprint density at radius 3 is 2.81 bits per heavy atom. The van der Waals surface area contributed by atoms with Crippen LogP contribution in [0, 0.1) is 0 Å². The largest absolute Gasteiger partial charge is 0.329 e. The Kier molecular flexibility index (Phi) is 4.24. The molecular formula is C15H15N5O3S3. The number of carbonyl (C=O) groups excluding carboxylic acids is 1. The lowest BCUT2D eigenvalue weighted by atomic mass is 10.2. The van der Waals surface area contributed by atoms with E-state index in [1.807, 2.05) is 6.26 Å². The maximum absolute atomic E-state index is 12.7. The average Bonchev–Trinajstić information content (AvgIpc) is 3.36. The number of thioether (sulfide) groups is 1. The lowest BCUT2D eigenvalue weighted by molar-refractivity contribution is 0.104. The highest BCUT2D eigenvalue weighted by Crippen LogP contribution is 2.39. The summed E-state index contributed by atoms with van der Waals surface area (Å²) in [4.78, 5) is 25.6. The van der Waals surface area contributed by atoms with Crippen LogP contribution < -0.4 is 9.62 Å². The Morgan fingerprint density at radius 2 is 2.12 bits per heavy atom. The van der Waals surface area contributed by atoms with Crippen LogP contribution in [0.5, 0.6) is 0 Å². The number of allylic oxidation sites excluding steroid dienone is 1. The molecule has 1 aliphatic heterocycles. The highest BCUT2D eigenvalue weighted by Gasteiger charge is 2.39. The Morgan fingerprint density at radius 1 is 1.35 bits per heavy atom. The molecule has 0 radical (unpaired) electrons. The van der Waals surface area contributed by atoms with Crippen molar-refractivity contribution in [2.75, 3.05) is 22.9 Å². The molecule has 2 aromatic heterocycles. The highest BCUT2D eigenvalue weighted by atomic mass is 32.2. The van der Waals surface area contributed by atoms with Crippen molar-refractivity contribution in [1.29, 1.82) is 0 Å². The van der Waals surface area contributed by atoms with Crippen LogP contribution >= 0.6 is 23.1 Å². The van der Waals surface area contributed by atoms with Gasteiger partial charge in [0.15, 0.2) is 10.1 Å². The predicted octanol–water partition coefficient (Wildman–Crippen LogP) is 2.45. The van der Waals surface area contributed by atoms with E-state index in [0.717, 1.165) is 17.1 Å². The Balaban J connectivity index is 1.70. The third-order valence-electron chi connectivity index (χ3n) is 4.14. The second-order valence-corrected chi connectivity index (χ2v) is 9.49. The number of sulfonamides is 1. The number of Topliss-reactive ketones (excluding diaryl/α,β-unsaturated/α-hetero) is 1. The number of anilines is 2. The maximum atomic E-state index is 12.7. The number of nitrogens with one attached hydrogen (secondary N) is 1. The summed E-state index contributed by atoms with van der Waals surface area (Å²) in [6.07, 6.45) is 5.11. The molecule has 3 heterocycles. The van der Waals surface area contributed by atoms with Gasteiger partial charge in [-0.2, -0.15) is 9.97 Å². The minimum atomic E-state index is -3.92. The molecule has 0 aromatic carbocycles. The Hall–Kier alpha value is -1.98. The number of ketones is 1. The molecule has 2 aromatic rings. The molecule has 0 bridgehead atoms. The molecule has 0 amide bonds. The van der Waals surface area contributed by atoms with Crippen molar-refractivity contribution in [2.24, 2.45) is 0 Å². The van der Waals surface area contributed by atoms with Crippen molar-refractivity contribution in [3.63, 3.8) is 0 Å². The molecule has 0 unspecified atom stereocenters. The van der Waals surface area contributed by atoms with Crippen LogP contribution in [0.15, 0.2) is 27.7 Å². The normalized spacial score (nSPS) is 20.3. The Labute approximate surface area is 158 Å². The van der Waals surface area contributed by atoms with Gasteiger partial charge in [-0.3, -0.25) is 9.10 Å². The first-order valence-electron chi connectivity index (χ1n) is 7.79. The van der Waals surface area contributed by atoms with Crippen molar-refractivity contribution in [1.82, 2.24) is 15.0 Å². The number of hydrogen-bond acceptors (Lipinski definition) is 9. The fourth-order valence-electron chi connectivity index (χ4n) is 2.55. The van der Waals surface area contributed by atoms with E-state index in [2.05, 4.69) is 20.3 Å². The van der Waals surface area contributed by atoms with Gasteiger partial charge in [0.05, 0.1) is 5.69 Å². The number of thiophene rings is 1. The molecule has 0 saturated heterocycles. The van der Waals surface area contributed by atoms with Crippen molar-refractivity contribution in [3.8, 4) is 0 Å². The quantitative estimate of drug-likeness (QED) is 0.606. The minimum absolute atomic E-state index is 0.237. The molecule has 26 heavy (non-hydrogen) atoms. The van der Waals surface area contributed by atoms with Crippen molar-refractivity contribution in [2.45, 2.75) is 23.9 Å². The van der Waals surface area contributed by atoms with E-state index >= 15 is 0 Å². The van der Waals surface area contributed by atoms with Crippen LogP contribution in [0.2, 0.25) is 0 Å². The number of nitrogens with zero attached hydrogens (tertiary/aromatic N) is 4. The third kappa shape index (κ3) is 2.89. The van der Waals surface area contributed by atoms with Crippen LogP contribution in [0.25, 0.3) is 0 Å².